The van der Waals surface area contributed by atoms with E-state index >= 15 is 0 Å². The third-order valence-electron chi connectivity index (χ3n) is 3.08. The van der Waals surface area contributed by atoms with Gasteiger partial charge in [0, 0.05) is 6.54 Å². The van der Waals surface area contributed by atoms with Crippen molar-refractivity contribution in [2.24, 2.45) is 0 Å². The largest absolute Gasteiger partial charge is 0.443 e. The van der Waals surface area contributed by atoms with Crippen LogP contribution in [0, 0.1) is 0 Å². The Labute approximate surface area is 113 Å². The quantitative estimate of drug-likeness (QED) is 0.630. The first-order chi connectivity index (χ1) is 9.34. The number of hydroxylamine groups is 1. The Balaban J connectivity index is 1.52. The van der Waals surface area contributed by atoms with Crippen LogP contribution in [-0.2, 0) is 16.2 Å². The van der Waals surface area contributed by atoms with Gasteiger partial charge in [-0.25, -0.2) is 4.79 Å². The van der Waals surface area contributed by atoms with Crippen LogP contribution < -0.4 is 5.48 Å². The van der Waals surface area contributed by atoms with E-state index in [-0.39, 0.29) is 6.61 Å². The van der Waals surface area contributed by atoms with Gasteiger partial charge < -0.3 is 9.64 Å². The zero-order chi connectivity index (χ0) is 13.3. The highest BCUT2D eigenvalue weighted by Gasteiger charge is 2.10. The van der Waals surface area contributed by atoms with Gasteiger partial charge in [-0.1, -0.05) is 30.3 Å². The number of benzene rings is 1. The van der Waals surface area contributed by atoms with Gasteiger partial charge in [-0.3, -0.25) is 4.84 Å². The highest BCUT2D eigenvalue weighted by atomic mass is 16.7. The first-order valence-corrected chi connectivity index (χ1v) is 6.65. The SMILES string of the molecule is O=C(NOCCN1CCCC1)OCc1ccccc1. The molecule has 0 aromatic heterocycles. The molecule has 1 aromatic rings. The van der Waals surface area contributed by atoms with Gasteiger partial charge in [-0.05, 0) is 31.5 Å². The number of amides is 1. The summed E-state index contributed by atoms with van der Waals surface area (Å²) in [6, 6.07) is 9.54. The molecule has 104 valence electrons. The number of hydrogen-bond donors (Lipinski definition) is 1. The Morgan fingerprint density at radius 3 is 2.68 bits per heavy atom. The van der Waals surface area contributed by atoms with Crippen molar-refractivity contribution in [2.45, 2.75) is 19.4 Å². The standard InChI is InChI=1S/C14H20N2O3/c17-14(18-12-13-6-2-1-3-7-13)15-19-11-10-16-8-4-5-9-16/h1-3,6-7H,4-5,8-12H2,(H,15,17). The number of ether oxygens (including phenoxy) is 1. The van der Waals surface area contributed by atoms with E-state index in [1.54, 1.807) is 0 Å². The fourth-order valence-electron chi connectivity index (χ4n) is 2.04. The van der Waals surface area contributed by atoms with Gasteiger partial charge in [0.05, 0.1) is 6.61 Å². The van der Waals surface area contributed by atoms with Crippen molar-refractivity contribution < 1.29 is 14.4 Å². The normalized spacial score (nSPS) is 15.4. The summed E-state index contributed by atoms with van der Waals surface area (Å²) in [5, 5.41) is 0. The summed E-state index contributed by atoms with van der Waals surface area (Å²) in [5.74, 6) is 0. The molecular weight excluding hydrogens is 244 g/mol. The van der Waals surface area contributed by atoms with Crippen molar-refractivity contribution in [3.8, 4) is 0 Å². The topological polar surface area (TPSA) is 50.8 Å². The number of likely N-dealkylation sites (tertiary alicyclic amines) is 1. The van der Waals surface area contributed by atoms with E-state index in [1.165, 1.54) is 12.8 Å². The maximum atomic E-state index is 11.3. The lowest BCUT2D eigenvalue weighted by Crippen LogP contribution is -2.30. The molecule has 19 heavy (non-hydrogen) atoms. The predicted molar refractivity (Wildman–Crippen MR) is 71.4 cm³/mol. The van der Waals surface area contributed by atoms with Gasteiger partial charge in [0.1, 0.15) is 6.61 Å². The maximum absolute atomic E-state index is 11.3. The van der Waals surface area contributed by atoms with Gasteiger partial charge >= 0.3 is 6.09 Å². The summed E-state index contributed by atoms with van der Waals surface area (Å²) in [7, 11) is 0. The Morgan fingerprint density at radius 2 is 1.95 bits per heavy atom. The molecule has 0 bridgehead atoms. The van der Waals surface area contributed by atoms with E-state index < -0.39 is 6.09 Å². The summed E-state index contributed by atoms with van der Waals surface area (Å²) in [4.78, 5) is 18.7. The summed E-state index contributed by atoms with van der Waals surface area (Å²) in [5.41, 5.74) is 3.24. The molecule has 1 aromatic carbocycles. The molecule has 1 saturated heterocycles. The second kappa shape index (κ2) is 7.76. The number of carbonyl (C=O) groups excluding carboxylic acids is 1. The van der Waals surface area contributed by atoms with Crippen LogP contribution in [0.4, 0.5) is 4.79 Å². The Kier molecular flexibility index (Phi) is 5.65. The van der Waals surface area contributed by atoms with Crippen LogP contribution in [0.15, 0.2) is 30.3 Å². The van der Waals surface area contributed by atoms with Crippen LogP contribution in [0.1, 0.15) is 18.4 Å². The van der Waals surface area contributed by atoms with E-state index in [2.05, 4.69) is 10.4 Å². The highest BCUT2D eigenvalue weighted by molar-refractivity contribution is 5.65. The number of nitrogens with one attached hydrogen (secondary N) is 1. The van der Waals surface area contributed by atoms with Crippen LogP contribution in [0.25, 0.3) is 0 Å². The minimum atomic E-state index is -0.551. The lowest BCUT2D eigenvalue weighted by Gasteiger charge is -2.14. The van der Waals surface area contributed by atoms with Gasteiger partial charge in [0.2, 0.25) is 0 Å². The molecular formula is C14H20N2O3. The number of nitrogens with zero attached hydrogens (tertiary/aromatic N) is 1. The van der Waals surface area contributed by atoms with E-state index in [1.807, 2.05) is 30.3 Å². The summed E-state index contributed by atoms with van der Waals surface area (Å²) < 4.78 is 5.01. The smallest absolute Gasteiger partial charge is 0.431 e. The molecule has 0 spiro atoms. The average Bonchev–Trinajstić information content (AvgIpc) is 2.96. The Bertz CT molecular complexity index is 378. The second-order valence-corrected chi connectivity index (χ2v) is 4.56. The Hall–Kier alpha value is -1.59. The lowest BCUT2D eigenvalue weighted by molar-refractivity contribution is 0.0177. The fourth-order valence-corrected chi connectivity index (χ4v) is 2.04. The van der Waals surface area contributed by atoms with E-state index in [0.29, 0.717) is 6.61 Å². The van der Waals surface area contributed by atoms with Crippen molar-refractivity contribution >= 4 is 6.09 Å². The molecule has 2 rings (SSSR count). The first kappa shape index (κ1) is 13.8. The van der Waals surface area contributed by atoms with Crippen molar-refractivity contribution in [3.63, 3.8) is 0 Å². The van der Waals surface area contributed by atoms with Gasteiger partial charge in [0.15, 0.2) is 0 Å². The summed E-state index contributed by atoms with van der Waals surface area (Å²) >= 11 is 0. The van der Waals surface area contributed by atoms with Crippen LogP contribution in [0.2, 0.25) is 0 Å². The van der Waals surface area contributed by atoms with Crippen LogP contribution in [-0.4, -0.2) is 37.2 Å². The zero-order valence-electron chi connectivity index (χ0n) is 11.0. The van der Waals surface area contributed by atoms with Crippen molar-refractivity contribution in [2.75, 3.05) is 26.2 Å². The van der Waals surface area contributed by atoms with Gasteiger partial charge in [-0.15, -0.1) is 0 Å². The first-order valence-electron chi connectivity index (χ1n) is 6.65. The zero-order valence-corrected chi connectivity index (χ0v) is 11.0. The van der Waals surface area contributed by atoms with Crippen molar-refractivity contribution in [3.05, 3.63) is 35.9 Å². The molecule has 1 amide bonds. The molecule has 1 aliphatic rings. The van der Waals surface area contributed by atoms with Crippen molar-refractivity contribution in [1.29, 1.82) is 0 Å². The molecule has 0 atom stereocenters. The number of rotatable bonds is 6. The number of carbonyl (C=O) groups is 1. The summed E-state index contributed by atoms with van der Waals surface area (Å²) in [6.07, 6.45) is 1.96. The van der Waals surface area contributed by atoms with E-state index in [9.17, 15) is 4.79 Å². The monoisotopic (exact) mass is 264 g/mol. The highest BCUT2D eigenvalue weighted by Crippen LogP contribution is 2.05. The molecule has 1 N–H and O–H groups in total. The third-order valence-corrected chi connectivity index (χ3v) is 3.08. The third kappa shape index (κ3) is 5.28. The van der Waals surface area contributed by atoms with E-state index in [4.69, 9.17) is 9.57 Å². The molecule has 0 radical (unpaired) electrons. The summed E-state index contributed by atoms with van der Waals surface area (Å²) in [6.45, 7) is 3.84. The molecule has 1 fully saturated rings. The number of hydrogen-bond acceptors (Lipinski definition) is 4. The van der Waals surface area contributed by atoms with Gasteiger partial charge in [0.25, 0.3) is 0 Å². The van der Waals surface area contributed by atoms with Gasteiger partial charge in [-0.2, -0.15) is 5.48 Å². The fraction of sp³-hybridized carbons (Fsp3) is 0.500. The minimum absolute atomic E-state index is 0.252. The molecule has 1 aliphatic heterocycles. The van der Waals surface area contributed by atoms with Crippen LogP contribution >= 0.6 is 0 Å². The molecule has 0 unspecified atom stereocenters. The average molecular weight is 264 g/mol. The minimum Gasteiger partial charge on any atom is -0.443 e. The van der Waals surface area contributed by atoms with E-state index in [0.717, 1.165) is 25.2 Å². The molecule has 5 heteroatoms. The maximum Gasteiger partial charge on any atom is 0.431 e. The molecule has 5 nitrogen and oxygen atoms in total. The lowest BCUT2D eigenvalue weighted by atomic mass is 10.2. The molecule has 0 aliphatic carbocycles. The predicted octanol–water partition coefficient (Wildman–Crippen LogP) is 1.94. The van der Waals surface area contributed by atoms with Crippen molar-refractivity contribution in [1.82, 2.24) is 10.4 Å². The second-order valence-electron chi connectivity index (χ2n) is 4.56. The van der Waals surface area contributed by atoms with Crippen LogP contribution in [0.3, 0.4) is 0 Å². The molecule has 0 saturated carbocycles. The Morgan fingerprint density at radius 1 is 1.21 bits per heavy atom. The molecule has 1 heterocycles. The van der Waals surface area contributed by atoms with Crippen LogP contribution in [0.5, 0.6) is 0 Å².